The third kappa shape index (κ3) is 2.10. The van der Waals surface area contributed by atoms with E-state index in [1.165, 1.54) is 0 Å². The van der Waals surface area contributed by atoms with Gasteiger partial charge in [0, 0.05) is 12.6 Å². The van der Waals surface area contributed by atoms with Crippen molar-refractivity contribution >= 4 is 0 Å². The van der Waals surface area contributed by atoms with Crippen LogP contribution >= 0.6 is 0 Å². The smallest absolute Gasteiger partial charge is 0.231 e. The van der Waals surface area contributed by atoms with Crippen LogP contribution in [0.25, 0.3) is 0 Å². The quantitative estimate of drug-likeness (QED) is 0.900. The molecule has 0 aliphatic carbocycles. The predicted molar refractivity (Wildman–Crippen MR) is 67.0 cm³/mol. The Morgan fingerprint density at radius 3 is 2.44 bits per heavy atom. The van der Waals surface area contributed by atoms with Crippen molar-refractivity contribution in [3.05, 3.63) is 48.0 Å². The maximum atomic E-state index is 5.73. The Hall–Kier alpha value is -2.20. The van der Waals surface area contributed by atoms with E-state index in [1.807, 2.05) is 42.5 Å². The number of hydrogen-bond acceptors (Lipinski definition) is 4. The zero-order valence-electron chi connectivity index (χ0n) is 9.76. The molecule has 2 N–H and O–H groups in total. The van der Waals surface area contributed by atoms with Gasteiger partial charge in [0.15, 0.2) is 11.5 Å². The third-order valence-electron chi connectivity index (χ3n) is 2.74. The van der Waals surface area contributed by atoms with Gasteiger partial charge in [-0.15, -0.1) is 0 Å². The first-order valence-electron chi connectivity index (χ1n) is 5.72. The zero-order valence-corrected chi connectivity index (χ0v) is 9.76. The number of rotatable bonds is 3. The number of benzene rings is 2. The lowest BCUT2D eigenvalue weighted by atomic mass is 10.2. The molecular formula is C14H13NO3. The van der Waals surface area contributed by atoms with Crippen molar-refractivity contribution in [3.63, 3.8) is 0 Å². The lowest BCUT2D eigenvalue weighted by Gasteiger charge is -2.07. The fourth-order valence-electron chi connectivity index (χ4n) is 1.77. The summed E-state index contributed by atoms with van der Waals surface area (Å²) in [4.78, 5) is 0. The van der Waals surface area contributed by atoms with E-state index in [-0.39, 0.29) is 6.79 Å². The SMILES string of the molecule is NCc1ccc(Oc2ccc3c(c2)OCO3)cc1. The van der Waals surface area contributed by atoms with E-state index in [4.69, 9.17) is 19.9 Å². The van der Waals surface area contributed by atoms with Crippen LogP contribution < -0.4 is 19.9 Å². The van der Waals surface area contributed by atoms with E-state index in [0.717, 1.165) is 22.8 Å². The third-order valence-corrected chi connectivity index (χ3v) is 2.74. The van der Waals surface area contributed by atoms with Crippen LogP contribution in [0.15, 0.2) is 42.5 Å². The van der Waals surface area contributed by atoms with Crippen LogP contribution in [-0.4, -0.2) is 6.79 Å². The van der Waals surface area contributed by atoms with E-state index >= 15 is 0 Å². The molecule has 2 aromatic rings. The molecule has 1 aliphatic rings. The van der Waals surface area contributed by atoms with Crippen LogP contribution in [0.4, 0.5) is 0 Å². The molecule has 0 radical (unpaired) electrons. The summed E-state index contributed by atoms with van der Waals surface area (Å²) in [6.07, 6.45) is 0. The van der Waals surface area contributed by atoms with Gasteiger partial charge >= 0.3 is 0 Å². The molecule has 2 aromatic carbocycles. The Bertz CT molecular complexity index is 551. The minimum Gasteiger partial charge on any atom is -0.457 e. The minimum absolute atomic E-state index is 0.268. The highest BCUT2D eigenvalue weighted by molar-refractivity contribution is 5.48. The highest BCUT2D eigenvalue weighted by Gasteiger charge is 2.13. The first-order chi connectivity index (χ1) is 8.85. The molecule has 0 atom stereocenters. The average molecular weight is 243 g/mol. The standard InChI is InChI=1S/C14H13NO3/c15-8-10-1-3-11(4-2-10)18-12-5-6-13-14(7-12)17-9-16-13/h1-7H,8-9,15H2. The van der Waals surface area contributed by atoms with Gasteiger partial charge in [-0.3, -0.25) is 0 Å². The van der Waals surface area contributed by atoms with Crippen molar-refractivity contribution in [1.82, 2.24) is 0 Å². The van der Waals surface area contributed by atoms with Gasteiger partial charge in [-0.2, -0.15) is 0 Å². The van der Waals surface area contributed by atoms with Gasteiger partial charge in [0.05, 0.1) is 0 Å². The zero-order chi connectivity index (χ0) is 12.4. The highest BCUT2D eigenvalue weighted by Crippen LogP contribution is 2.36. The number of hydrogen-bond donors (Lipinski definition) is 1. The summed E-state index contributed by atoms with van der Waals surface area (Å²) in [7, 11) is 0. The van der Waals surface area contributed by atoms with Gasteiger partial charge in [-0.05, 0) is 29.8 Å². The number of ether oxygens (including phenoxy) is 3. The van der Waals surface area contributed by atoms with E-state index in [2.05, 4.69) is 0 Å². The van der Waals surface area contributed by atoms with E-state index in [0.29, 0.717) is 12.3 Å². The predicted octanol–water partition coefficient (Wildman–Crippen LogP) is 2.67. The average Bonchev–Trinajstić information content (AvgIpc) is 2.87. The monoisotopic (exact) mass is 243 g/mol. The maximum Gasteiger partial charge on any atom is 0.231 e. The Morgan fingerprint density at radius 1 is 0.944 bits per heavy atom. The largest absolute Gasteiger partial charge is 0.457 e. The summed E-state index contributed by atoms with van der Waals surface area (Å²) in [6.45, 7) is 0.800. The molecule has 1 aliphatic heterocycles. The molecular weight excluding hydrogens is 230 g/mol. The van der Waals surface area contributed by atoms with Crippen LogP contribution in [0, 0.1) is 0 Å². The van der Waals surface area contributed by atoms with Crippen LogP contribution in [-0.2, 0) is 6.54 Å². The summed E-state index contributed by atoms with van der Waals surface area (Å²) in [6, 6.07) is 13.2. The fraction of sp³-hybridized carbons (Fsp3) is 0.143. The molecule has 0 bridgehead atoms. The normalized spacial score (nSPS) is 12.5. The molecule has 0 spiro atoms. The summed E-state index contributed by atoms with van der Waals surface area (Å²) >= 11 is 0. The molecule has 0 saturated carbocycles. The highest BCUT2D eigenvalue weighted by atomic mass is 16.7. The second-order valence-corrected chi connectivity index (χ2v) is 3.97. The fourth-order valence-corrected chi connectivity index (χ4v) is 1.77. The molecule has 0 amide bonds. The minimum atomic E-state index is 0.268. The maximum absolute atomic E-state index is 5.73. The van der Waals surface area contributed by atoms with Crippen molar-refractivity contribution in [2.24, 2.45) is 5.73 Å². The molecule has 18 heavy (non-hydrogen) atoms. The van der Waals surface area contributed by atoms with E-state index in [1.54, 1.807) is 0 Å². The lowest BCUT2D eigenvalue weighted by Crippen LogP contribution is -1.95. The molecule has 0 fully saturated rings. The Kier molecular flexibility index (Phi) is 2.78. The van der Waals surface area contributed by atoms with Crippen LogP contribution in [0.5, 0.6) is 23.0 Å². The van der Waals surface area contributed by atoms with Crippen molar-refractivity contribution in [3.8, 4) is 23.0 Å². The van der Waals surface area contributed by atoms with Gasteiger partial charge in [0.1, 0.15) is 11.5 Å². The van der Waals surface area contributed by atoms with E-state index < -0.39 is 0 Å². The summed E-state index contributed by atoms with van der Waals surface area (Å²) in [5.74, 6) is 2.96. The number of nitrogens with two attached hydrogens (primary N) is 1. The molecule has 4 nitrogen and oxygen atoms in total. The Morgan fingerprint density at radius 2 is 1.67 bits per heavy atom. The van der Waals surface area contributed by atoms with Crippen LogP contribution in [0.1, 0.15) is 5.56 Å². The molecule has 0 saturated heterocycles. The van der Waals surface area contributed by atoms with Gasteiger partial charge in [0.2, 0.25) is 6.79 Å². The molecule has 92 valence electrons. The lowest BCUT2D eigenvalue weighted by molar-refractivity contribution is 0.174. The number of fused-ring (bicyclic) bond motifs is 1. The van der Waals surface area contributed by atoms with Crippen molar-refractivity contribution in [2.75, 3.05) is 6.79 Å². The van der Waals surface area contributed by atoms with Crippen LogP contribution in [0.2, 0.25) is 0 Å². The summed E-state index contributed by atoms with van der Waals surface area (Å²) < 4.78 is 16.3. The molecule has 1 heterocycles. The topological polar surface area (TPSA) is 53.7 Å². The molecule has 3 rings (SSSR count). The summed E-state index contributed by atoms with van der Waals surface area (Å²) in [5.41, 5.74) is 6.62. The van der Waals surface area contributed by atoms with Gasteiger partial charge < -0.3 is 19.9 Å². The second kappa shape index (κ2) is 4.58. The van der Waals surface area contributed by atoms with Crippen molar-refractivity contribution < 1.29 is 14.2 Å². The van der Waals surface area contributed by atoms with Gasteiger partial charge in [-0.1, -0.05) is 12.1 Å². The molecule has 0 unspecified atom stereocenters. The van der Waals surface area contributed by atoms with Gasteiger partial charge in [-0.25, -0.2) is 0 Å². The van der Waals surface area contributed by atoms with Gasteiger partial charge in [0.25, 0.3) is 0 Å². The second-order valence-electron chi connectivity index (χ2n) is 3.97. The van der Waals surface area contributed by atoms with E-state index in [9.17, 15) is 0 Å². The van der Waals surface area contributed by atoms with Crippen molar-refractivity contribution in [2.45, 2.75) is 6.54 Å². The van der Waals surface area contributed by atoms with Crippen LogP contribution in [0.3, 0.4) is 0 Å². The van der Waals surface area contributed by atoms with Crippen molar-refractivity contribution in [1.29, 1.82) is 0 Å². The Labute approximate surface area is 105 Å². The Balaban J connectivity index is 1.79. The molecule has 0 aromatic heterocycles. The molecule has 4 heteroatoms. The first kappa shape index (κ1) is 10.9. The summed E-state index contributed by atoms with van der Waals surface area (Å²) in [5, 5.41) is 0. The first-order valence-corrected chi connectivity index (χ1v) is 5.72.